The minimum atomic E-state index is -0.0436. The normalized spacial score (nSPS) is 44.2. The maximum atomic E-state index is 9.91. The van der Waals surface area contributed by atoms with Crippen molar-refractivity contribution in [3.8, 4) is 0 Å². The number of rotatable bonds is 2. The minimum Gasteiger partial charge on any atom is -0.393 e. The van der Waals surface area contributed by atoms with E-state index >= 15 is 0 Å². The highest BCUT2D eigenvalue weighted by Gasteiger charge is 2.45. The molecule has 0 aromatic carbocycles. The second kappa shape index (κ2) is 5.26. The average molecular weight is 279 g/mol. The van der Waals surface area contributed by atoms with Crippen LogP contribution < -0.4 is 0 Å². The molecule has 1 N–H and O–H groups in total. The number of hydrogen-bond donors (Lipinski definition) is 1. The predicted octanol–water partition coefficient (Wildman–Crippen LogP) is 2.86. The molecule has 1 saturated carbocycles. The van der Waals surface area contributed by atoms with Crippen molar-refractivity contribution in [1.29, 1.82) is 0 Å². The van der Waals surface area contributed by atoms with Crippen LogP contribution in [0.25, 0.3) is 0 Å². The Kier molecular flexibility index (Phi) is 3.56. The van der Waals surface area contributed by atoms with Gasteiger partial charge in [0.15, 0.2) is 0 Å². The third-order valence-corrected chi connectivity index (χ3v) is 6.38. The minimum absolute atomic E-state index is 0.0436. The Morgan fingerprint density at radius 3 is 2.35 bits per heavy atom. The van der Waals surface area contributed by atoms with Gasteiger partial charge in [-0.05, 0) is 51.4 Å². The summed E-state index contributed by atoms with van der Waals surface area (Å²) in [6.07, 6.45) is 14.3. The molecule has 4 aliphatic rings. The van der Waals surface area contributed by atoms with Crippen molar-refractivity contribution < 1.29 is 9.84 Å². The molecule has 3 heteroatoms. The quantitative estimate of drug-likeness (QED) is 0.843. The summed E-state index contributed by atoms with van der Waals surface area (Å²) in [6, 6.07) is 1.27. The van der Waals surface area contributed by atoms with Gasteiger partial charge in [-0.3, -0.25) is 4.90 Å². The van der Waals surface area contributed by atoms with E-state index in [1.807, 2.05) is 0 Å². The zero-order valence-corrected chi connectivity index (χ0v) is 12.6. The fraction of sp³-hybridized carbons (Fsp3) is 1.00. The largest absolute Gasteiger partial charge is 0.393 e. The second-order valence-corrected chi connectivity index (χ2v) is 7.73. The van der Waals surface area contributed by atoms with Crippen molar-refractivity contribution in [1.82, 2.24) is 4.90 Å². The van der Waals surface area contributed by atoms with Crippen LogP contribution in [-0.4, -0.2) is 46.4 Å². The van der Waals surface area contributed by atoms with Gasteiger partial charge in [0.05, 0.1) is 17.8 Å². The van der Waals surface area contributed by atoms with E-state index < -0.39 is 0 Å². The lowest BCUT2D eigenvalue weighted by molar-refractivity contribution is -0.0819. The van der Waals surface area contributed by atoms with Crippen LogP contribution in [0, 0.1) is 0 Å². The van der Waals surface area contributed by atoms with Crippen molar-refractivity contribution in [2.24, 2.45) is 0 Å². The number of aliphatic hydroxyl groups is 1. The number of nitrogens with zero attached hydrogens (tertiary/aromatic N) is 1. The predicted molar refractivity (Wildman–Crippen MR) is 78.7 cm³/mol. The van der Waals surface area contributed by atoms with Crippen molar-refractivity contribution in [3.05, 3.63) is 0 Å². The lowest BCUT2D eigenvalue weighted by Crippen LogP contribution is -2.48. The summed E-state index contributed by atoms with van der Waals surface area (Å²) in [5.41, 5.74) is 0.261. The van der Waals surface area contributed by atoms with E-state index in [9.17, 15) is 5.11 Å². The number of ether oxygens (including phenoxy) is 1. The zero-order chi connectivity index (χ0) is 13.6. The third kappa shape index (κ3) is 2.42. The summed E-state index contributed by atoms with van der Waals surface area (Å²) in [5.74, 6) is 0. The Morgan fingerprint density at radius 2 is 1.65 bits per heavy atom. The van der Waals surface area contributed by atoms with Gasteiger partial charge in [0, 0.05) is 18.6 Å². The van der Waals surface area contributed by atoms with Crippen molar-refractivity contribution >= 4 is 0 Å². The SMILES string of the molecule is OC1CC2CCC(C1)N2CC1CCC2(CCCCC2)O1. The van der Waals surface area contributed by atoms with Crippen LogP contribution in [0.4, 0.5) is 0 Å². The van der Waals surface area contributed by atoms with Crippen LogP contribution in [-0.2, 0) is 4.74 Å². The maximum absolute atomic E-state index is 9.91. The van der Waals surface area contributed by atoms with Crippen LogP contribution in [0.1, 0.15) is 70.6 Å². The molecule has 4 rings (SSSR count). The van der Waals surface area contributed by atoms with Gasteiger partial charge < -0.3 is 9.84 Å². The van der Waals surface area contributed by atoms with Crippen molar-refractivity contribution in [2.45, 2.75) is 101 Å². The van der Waals surface area contributed by atoms with Crippen molar-refractivity contribution in [3.63, 3.8) is 0 Å². The Hall–Kier alpha value is -0.120. The fourth-order valence-electron chi connectivity index (χ4n) is 5.37. The van der Waals surface area contributed by atoms with E-state index in [4.69, 9.17) is 4.74 Å². The fourth-order valence-corrected chi connectivity index (χ4v) is 5.37. The molecule has 4 fully saturated rings. The summed E-state index contributed by atoms with van der Waals surface area (Å²) in [6.45, 7) is 1.13. The third-order valence-electron chi connectivity index (χ3n) is 6.38. The molecule has 3 heterocycles. The zero-order valence-electron chi connectivity index (χ0n) is 12.6. The first-order valence-electron chi connectivity index (χ1n) is 8.86. The molecule has 114 valence electrons. The summed E-state index contributed by atoms with van der Waals surface area (Å²) in [5, 5.41) is 9.91. The molecule has 1 spiro atoms. The van der Waals surface area contributed by atoms with Gasteiger partial charge in [-0.15, -0.1) is 0 Å². The smallest absolute Gasteiger partial charge is 0.0710 e. The lowest BCUT2D eigenvalue weighted by atomic mass is 9.83. The first kappa shape index (κ1) is 13.5. The van der Waals surface area contributed by atoms with Gasteiger partial charge in [0.2, 0.25) is 0 Å². The van der Waals surface area contributed by atoms with Gasteiger partial charge in [-0.1, -0.05) is 19.3 Å². The molecule has 3 aliphatic heterocycles. The van der Waals surface area contributed by atoms with E-state index in [2.05, 4.69) is 4.90 Å². The van der Waals surface area contributed by atoms with E-state index in [1.165, 1.54) is 57.8 Å². The van der Waals surface area contributed by atoms with Crippen molar-refractivity contribution in [2.75, 3.05) is 6.54 Å². The molecule has 3 nitrogen and oxygen atoms in total. The number of fused-ring (bicyclic) bond motifs is 2. The van der Waals surface area contributed by atoms with Gasteiger partial charge in [0.1, 0.15) is 0 Å². The molecule has 20 heavy (non-hydrogen) atoms. The van der Waals surface area contributed by atoms with E-state index in [-0.39, 0.29) is 11.7 Å². The number of aliphatic hydroxyl groups excluding tert-OH is 1. The van der Waals surface area contributed by atoms with Crippen LogP contribution >= 0.6 is 0 Å². The topological polar surface area (TPSA) is 32.7 Å². The Labute approximate surface area is 122 Å². The summed E-state index contributed by atoms with van der Waals surface area (Å²) in [7, 11) is 0. The summed E-state index contributed by atoms with van der Waals surface area (Å²) < 4.78 is 6.54. The monoisotopic (exact) mass is 279 g/mol. The first-order valence-corrected chi connectivity index (χ1v) is 8.86. The first-order chi connectivity index (χ1) is 9.74. The van der Waals surface area contributed by atoms with Crippen LogP contribution in [0.2, 0.25) is 0 Å². The number of piperidine rings is 1. The maximum Gasteiger partial charge on any atom is 0.0710 e. The van der Waals surface area contributed by atoms with E-state index in [1.54, 1.807) is 0 Å². The number of hydrogen-bond acceptors (Lipinski definition) is 3. The molecule has 2 bridgehead atoms. The average Bonchev–Trinajstić information content (AvgIpc) is 2.92. The van der Waals surface area contributed by atoms with E-state index in [0.29, 0.717) is 18.2 Å². The molecule has 3 atom stereocenters. The molecular weight excluding hydrogens is 250 g/mol. The van der Waals surface area contributed by atoms with Gasteiger partial charge in [-0.25, -0.2) is 0 Å². The van der Waals surface area contributed by atoms with E-state index in [0.717, 1.165) is 19.4 Å². The van der Waals surface area contributed by atoms with Gasteiger partial charge in [0.25, 0.3) is 0 Å². The Balaban J connectivity index is 1.36. The van der Waals surface area contributed by atoms with Gasteiger partial charge in [-0.2, -0.15) is 0 Å². The Bertz CT molecular complexity index is 339. The van der Waals surface area contributed by atoms with Crippen LogP contribution in [0.3, 0.4) is 0 Å². The molecule has 0 aromatic rings. The van der Waals surface area contributed by atoms with Crippen LogP contribution in [0.15, 0.2) is 0 Å². The molecule has 3 saturated heterocycles. The molecule has 0 amide bonds. The molecule has 1 aliphatic carbocycles. The Morgan fingerprint density at radius 1 is 0.950 bits per heavy atom. The van der Waals surface area contributed by atoms with Crippen LogP contribution in [0.5, 0.6) is 0 Å². The highest BCUT2D eigenvalue weighted by molar-refractivity contribution is 4.98. The molecule has 0 aromatic heterocycles. The highest BCUT2D eigenvalue weighted by Crippen LogP contribution is 2.43. The molecule has 3 unspecified atom stereocenters. The molecular formula is C17H29NO2. The lowest BCUT2D eigenvalue weighted by Gasteiger charge is -2.39. The summed E-state index contributed by atoms with van der Waals surface area (Å²) in [4.78, 5) is 2.68. The standard InChI is InChI=1S/C17H29NO2/c19-15-10-13-4-5-14(11-15)18(13)12-16-6-9-17(20-16)7-2-1-3-8-17/h13-16,19H,1-12H2. The van der Waals surface area contributed by atoms with Gasteiger partial charge >= 0.3 is 0 Å². The molecule has 0 radical (unpaired) electrons. The second-order valence-electron chi connectivity index (χ2n) is 7.73. The summed E-state index contributed by atoms with van der Waals surface area (Å²) >= 11 is 0. The highest BCUT2D eigenvalue weighted by atomic mass is 16.5.